The van der Waals surface area contributed by atoms with Gasteiger partial charge < -0.3 is 10.5 Å². The second kappa shape index (κ2) is 6.09. The number of nitrogens with two attached hydrogens (primary N) is 1. The standard InChI is InChI=1S/C12H10F2IN3O/c13-9-2-1-7(3-8(9)4-15)6-19-12-17-5-10(14)11(16)18-12/h1-3,5H,4,6H2,(H2,16,17,18). The smallest absolute Gasteiger partial charge is 0.318 e. The van der Waals surface area contributed by atoms with Gasteiger partial charge in [0, 0.05) is 4.43 Å². The van der Waals surface area contributed by atoms with Crippen molar-refractivity contribution < 1.29 is 13.5 Å². The summed E-state index contributed by atoms with van der Waals surface area (Å²) in [7, 11) is 0. The lowest BCUT2D eigenvalue weighted by atomic mass is 10.1. The number of anilines is 1. The van der Waals surface area contributed by atoms with Crippen molar-refractivity contribution in [1.29, 1.82) is 0 Å². The van der Waals surface area contributed by atoms with Crippen LogP contribution in [0.1, 0.15) is 11.1 Å². The summed E-state index contributed by atoms with van der Waals surface area (Å²) in [6.45, 7) is 0.162. The third-order valence-electron chi connectivity index (χ3n) is 2.37. The third-order valence-corrected chi connectivity index (χ3v) is 3.19. The lowest BCUT2D eigenvalue weighted by Gasteiger charge is -2.07. The summed E-state index contributed by atoms with van der Waals surface area (Å²) in [6.07, 6.45) is 0.943. The summed E-state index contributed by atoms with van der Waals surface area (Å²) in [6, 6.07) is 4.68. The molecule has 0 aliphatic heterocycles. The van der Waals surface area contributed by atoms with Crippen LogP contribution in [0.4, 0.5) is 14.6 Å². The first kappa shape index (κ1) is 13.9. The number of hydrogen-bond acceptors (Lipinski definition) is 4. The fourth-order valence-corrected chi connectivity index (χ4v) is 1.99. The Kier molecular flexibility index (Phi) is 4.46. The first-order valence-electron chi connectivity index (χ1n) is 5.34. The van der Waals surface area contributed by atoms with Gasteiger partial charge in [-0.1, -0.05) is 28.7 Å². The Morgan fingerprint density at radius 2 is 2.05 bits per heavy atom. The molecule has 1 aromatic carbocycles. The van der Waals surface area contributed by atoms with Gasteiger partial charge in [-0.15, -0.1) is 0 Å². The molecule has 0 aliphatic rings. The molecule has 4 nitrogen and oxygen atoms in total. The number of aromatic nitrogens is 2. The Balaban J connectivity index is 2.07. The predicted molar refractivity (Wildman–Crippen MR) is 74.9 cm³/mol. The van der Waals surface area contributed by atoms with Crippen LogP contribution >= 0.6 is 22.6 Å². The molecule has 2 N–H and O–H groups in total. The minimum absolute atomic E-state index is 0.0146. The van der Waals surface area contributed by atoms with E-state index in [4.69, 9.17) is 10.5 Å². The summed E-state index contributed by atoms with van der Waals surface area (Å²) >= 11 is 2.08. The number of hydrogen-bond donors (Lipinski definition) is 1. The van der Waals surface area contributed by atoms with Crippen LogP contribution in [0.2, 0.25) is 0 Å². The number of benzene rings is 1. The maximum Gasteiger partial charge on any atom is 0.318 e. The zero-order chi connectivity index (χ0) is 13.8. The van der Waals surface area contributed by atoms with E-state index < -0.39 is 5.82 Å². The van der Waals surface area contributed by atoms with Gasteiger partial charge in [-0.05, 0) is 23.3 Å². The molecule has 0 saturated carbocycles. The molecule has 0 spiro atoms. The zero-order valence-corrected chi connectivity index (χ0v) is 11.9. The maximum atomic E-state index is 13.3. The highest BCUT2D eigenvalue weighted by molar-refractivity contribution is 14.1. The first-order chi connectivity index (χ1) is 9.10. The lowest BCUT2D eigenvalue weighted by Crippen LogP contribution is -2.03. The van der Waals surface area contributed by atoms with E-state index in [2.05, 4.69) is 32.6 Å². The maximum absolute atomic E-state index is 13.3. The van der Waals surface area contributed by atoms with E-state index in [0.29, 0.717) is 9.99 Å². The summed E-state index contributed by atoms with van der Waals surface area (Å²) in [5.41, 5.74) is 6.67. The van der Waals surface area contributed by atoms with Gasteiger partial charge in [-0.3, -0.25) is 0 Å². The normalized spacial score (nSPS) is 10.5. The zero-order valence-electron chi connectivity index (χ0n) is 9.74. The van der Waals surface area contributed by atoms with Crippen LogP contribution in [-0.4, -0.2) is 9.97 Å². The number of rotatable bonds is 4. The van der Waals surface area contributed by atoms with Gasteiger partial charge in [0.15, 0.2) is 11.6 Å². The quantitative estimate of drug-likeness (QED) is 0.658. The number of halogens is 3. The molecule has 1 heterocycles. The monoisotopic (exact) mass is 377 g/mol. The van der Waals surface area contributed by atoms with Gasteiger partial charge >= 0.3 is 6.01 Å². The van der Waals surface area contributed by atoms with Crippen LogP contribution in [0.3, 0.4) is 0 Å². The van der Waals surface area contributed by atoms with Crippen LogP contribution < -0.4 is 10.5 Å². The molecule has 100 valence electrons. The molecule has 0 amide bonds. The van der Waals surface area contributed by atoms with Gasteiger partial charge in [0.25, 0.3) is 0 Å². The summed E-state index contributed by atoms with van der Waals surface area (Å²) < 4.78 is 32.0. The van der Waals surface area contributed by atoms with Crippen LogP contribution in [0.25, 0.3) is 0 Å². The Hall–Kier alpha value is -1.51. The lowest BCUT2D eigenvalue weighted by molar-refractivity contribution is 0.279. The average Bonchev–Trinajstić information content (AvgIpc) is 2.41. The predicted octanol–water partition coefficient (Wildman–Crippen LogP) is 2.85. The second-order valence-electron chi connectivity index (χ2n) is 3.73. The molecular formula is C12H10F2IN3O. The minimum Gasteiger partial charge on any atom is -0.459 e. The van der Waals surface area contributed by atoms with Crippen LogP contribution in [0.5, 0.6) is 6.01 Å². The van der Waals surface area contributed by atoms with E-state index in [0.717, 1.165) is 11.8 Å². The number of nitrogen functional groups attached to an aromatic ring is 1. The van der Waals surface area contributed by atoms with E-state index in [1.165, 1.54) is 6.07 Å². The number of alkyl halides is 1. The summed E-state index contributed by atoms with van der Waals surface area (Å²) in [5, 5.41) is 0. The van der Waals surface area contributed by atoms with Crippen molar-refractivity contribution in [1.82, 2.24) is 9.97 Å². The third kappa shape index (κ3) is 3.49. The molecule has 0 unspecified atom stereocenters. The molecule has 2 rings (SSSR count). The van der Waals surface area contributed by atoms with E-state index >= 15 is 0 Å². The van der Waals surface area contributed by atoms with Gasteiger partial charge in [0.2, 0.25) is 0 Å². The van der Waals surface area contributed by atoms with Gasteiger partial charge in [0.1, 0.15) is 12.4 Å². The second-order valence-corrected chi connectivity index (χ2v) is 4.50. The largest absolute Gasteiger partial charge is 0.459 e. The minimum atomic E-state index is -0.693. The van der Waals surface area contributed by atoms with Gasteiger partial charge in [-0.25, -0.2) is 13.8 Å². The van der Waals surface area contributed by atoms with Crippen molar-refractivity contribution in [2.45, 2.75) is 11.0 Å². The first-order valence-corrected chi connectivity index (χ1v) is 6.87. The van der Waals surface area contributed by atoms with E-state index in [-0.39, 0.29) is 24.3 Å². The van der Waals surface area contributed by atoms with Crippen LogP contribution in [-0.2, 0) is 11.0 Å². The highest BCUT2D eigenvalue weighted by Crippen LogP contribution is 2.16. The molecule has 0 aliphatic carbocycles. The molecule has 2 aromatic rings. The fraction of sp³-hybridized carbons (Fsp3) is 0.167. The molecular weight excluding hydrogens is 367 g/mol. The van der Waals surface area contributed by atoms with Crippen LogP contribution in [0.15, 0.2) is 24.4 Å². The Bertz CT molecular complexity index is 595. The molecule has 0 bridgehead atoms. The van der Waals surface area contributed by atoms with E-state index in [1.54, 1.807) is 12.1 Å². The molecule has 7 heteroatoms. The highest BCUT2D eigenvalue weighted by atomic mass is 127. The fourth-order valence-electron chi connectivity index (χ4n) is 1.40. The molecule has 0 saturated heterocycles. The van der Waals surface area contributed by atoms with Crippen molar-refractivity contribution in [2.24, 2.45) is 0 Å². The number of ether oxygens (including phenoxy) is 1. The van der Waals surface area contributed by atoms with E-state index in [9.17, 15) is 8.78 Å². The Morgan fingerprint density at radius 1 is 1.26 bits per heavy atom. The van der Waals surface area contributed by atoms with Crippen molar-refractivity contribution in [3.8, 4) is 6.01 Å². The van der Waals surface area contributed by atoms with Crippen molar-refractivity contribution >= 4 is 28.4 Å². The average molecular weight is 377 g/mol. The van der Waals surface area contributed by atoms with E-state index in [1.807, 2.05) is 0 Å². The number of nitrogens with zero attached hydrogens (tertiary/aromatic N) is 2. The molecule has 1 aromatic heterocycles. The Labute approximate surface area is 122 Å². The van der Waals surface area contributed by atoms with Crippen molar-refractivity contribution in [3.63, 3.8) is 0 Å². The molecule has 19 heavy (non-hydrogen) atoms. The SMILES string of the molecule is Nc1nc(OCc2ccc(F)c(CI)c2)ncc1F. The molecule has 0 atom stereocenters. The van der Waals surface area contributed by atoms with Crippen LogP contribution in [0, 0.1) is 11.6 Å². The van der Waals surface area contributed by atoms with Crippen molar-refractivity contribution in [3.05, 3.63) is 47.2 Å². The molecule has 0 fully saturated rings. The van der Waals surface area contributed by atoms with Gasteiger partial charge in [-0.2, -0.15) is 4.98 Å². The van der Waals surface area contributed by atoms with Gasteiger partial charge in [0.05, 0.1) is 6.20 Å². The topological polar surface area (TPSA) is 61.0 Å². The Morgan fingerprint density at radius 3 is 2.74 bits per heavy atom. The summed E-state index contributed by atoms with van der Waals surface area (Å²) in [4.78, 5) is 7.29. The van der Waals surface area contributed by atoms with Crippen molar-refractivity contribution in [2.75, 3.05) is 5.73 Å². The molecule has 0 radical (unpaired) electrons. The summed E-state index contributed by atoms with van der Waals surface area (Å²) in [5.74, 6) is -1.21. The highest BCUT2D eigenvalue weighted by Gasteiger charge is 2.06.